The molecule has 0 bridgehead atoms. The molecule has 4 heteroatoms. The Labute approximate surface area is 77.5 Å². The number of piperidine rings is 1. The first-order valence-corrected chi connectivity index (χ1v) is 4.43. The molecule has 4 nitrogen and oxygen atoms in total. The second kappa shape index (κ2) is 4.28. The van der Waals surface area contributed by atoms with Crippen molar-refractivity contribution >= 4 is 6.09 Å². The number of likely N-dealkylation sites (tertiary alicyclic amines) is 1. The largest absolute Gasteiger partial charge is 0.465 e. The molecule has 0 saturated carbocycles. The lowest BCUT2D eigenvalue weighted by atomic mass is 9.98. The molecule has 0 unspecified atom stereocenters. The quantitative estimate of drug-likeness (QED) is 0.601. The van der Waals surface area contributed by atoms with E-state index in [2.05, 4.69) is 0 Å². The van der Waals surface area contributed by atoms with Crippen LogP contribution in [-0.4, -0.2) is 40.4 Å². The highest BCUT2D eigenvalue weighted by Gasteiger charge is 2.24. The van der Waals surface area contributed by atoms with Gasteiger partial charge in [-0.25, -0.2) is 4.79 Å². The number of hydrogen-bond donors (Lipinski definition) is 2. The van der Waals surface area contributed by atoms with Gasteiger partial charge in [0.05, 0.1) is 6.61 Å². The molecule has 1 heterocycles. The molecule has 1 aliphatic heterocycles. The second-order valence-corrected chi connectivity index (χ2v) is 3.32. The smallest absolute Gasteiger partial charge is 0.407 e. The van der Waals surface area contributed by atoms with Gasteiger partial charge in [-0.05, 0) is 19.8 Å². The summed E-state index contributed by atoms with van der Waals surface area (Å²) in [5.74, 6) is 0. The molecule has 0 aliphatic carbocycles. The van der Waals surface area contributed by atoms with Crippen molar-refractivity contribution in [3.05, 3.63) is 11.6 Å². The predicted molar refractivity (Wildman–Crippen MR) is 48.6 cm³/mol. The third kappa shape index (κ3) is 2.45. The number of aliphatic hydroxyl groups is 1. The molecule has 0 aromatic heterocycles. The average Bonchev–Trinajstić information content (AvgIpc) is 2.04. The molecule has 1 atom stereocenters. The molecule has 1 fully saturated rings. The zero-order chi connectivity index (χ0) is 9.84. The molecule has 1 amide bonds. The van der Waals surface area contributed by atoms with Gasteiger partial charge in [-0.2, -0.15) is 0 Å². The molecule has 74 valence electrons. The number of hydrogen-bond acceptors (Lipinski definition) is 2. The first-order chi connectivity index (χ1) is 6.15. The summed E-state index contributed by atoms with van der Waals surface area (Å²) >= 11 is 0. The van der Waals surface area contributed by atoms with Crippen LogP contribution < -0.4 is 0 Å². The van der Waals surface area contributed by atoms with Gasteiger partial charge in [0.2, 0.25) is 0 Å². The maximum Gasteiger partial charge on any atom is 0.407 e. The summed E-state index contributed by atoms with van der Waals surface area (Å²) in [4.78, 5) is 12.1. The fraction of sp³-hybridized carbons (Fsp3) is 0.667. The van der Waals surface area contributed by atoms with E-state index in [4.69, 9.17) is 10.2 Å². The van der Waals surface area contributed by atoms with E-state index < -0.39 is 6.09 Å². The van der Waals surface area contributed by atoms with Crippen molar-refractivity contribution in [3.8, 4) is 0 Å². The number of rotatable bonds is 1. The van der Waals surface area contributed by atoms with Gasteiger partial charge in [0.25, 0.3) is 0 Å². The van der Waals surface area contributed by atoms with Crippen molar-refractivity contribution in [2.24, 2.45) is 0 Å². The molecule has 0 radical (unpaired) electrons. The van der Waals surface area contributed by atoms with E-state index in [1.807, 2.05) is 6.92 Å². The van der Waals surface area contributed by atoms with Gasteiger partial charge in [-0.1, -0.05) is 11.6 Å². The SMILES string of the molecule is C[C@H]1CC(=CCO)CCN1C(=O)O. The second-order valence-electron chi connectivity index (χ2n) is 3.32. The Kier molecular flexibility index (Phi) is 3.31. The third-order valence-electron chi connectivity index (χ3n) is 2.39. The van der Waals surface area contributed by atoms with E-state index in [-0.39, 0.29) is 12.6 Å². The molecule has 0 spiro atoms. The van der Waals surface area contributed by atoms with Crippen LogP contribution in [0.4, 0.5) is 4.79 Å². The summed E-state index contributed by atoms with van der Waals surface area (Å²) in [6.07, 6.45) is 2.41. The van der Waals surface area contributed by atoms with Crippen LogP contribution in [-0.2, 0) is 0 Å². The predicted octanol–water partition coefficient (Wildman–Crippen LogP) is 1.07. The minimum Gasteiger partial charge on any atom is -0.465 e. The number of nitrogens with zero attached hydrogens (tertiary/aromatic N) is 1. The molecular weight excluding hydrogens is 170 g/mol. The summed E-state index contributed by atoms with van der Waals surface area (Å²) in [6.45, 7) is 2.48. The molecule has 0 aromatic carbocycles. The van der Waals surface area contributed by atoms with E-state index in [1.54, 1.807) is 6.08 Å². The summed E-state index contributed by atoms with van der Waals surface area (Å²) in [5, 5.41) is 17.5. The van der Waals surface area contributed by atoms with Crippen LogP contribution in [0.15, 0.2) is 11.6 Å². The van der Waals surface area contributed by atoms with E-state index in [1.165, 1.54) is 4.90 Å². The summed E-state index contributed by atoms with van der Waals surface area (Å²) < 4.78 is 0. The van der Waals surface area contributed by atoms with Crippen molar-refractivity contribution in [3.63, 3.8) is 0 Å². The highest BCUT2D eigenvalue weighted by molar-refractivity contribution is 5.65. The van der Waals surface area contributed by atoms with Crippen LogP contribution in [0.25, 0.3) is 0 Å². The van der Waals surface area contributed by atoms with Crippen LogP contribution in [0.1, 0.15) is 19.8 Å². The minimum atomic E-state index is -0.851. The number of amides is 1. The zero-order valence-electron chi connectivity index (χ0n) is 7.73. The van der Waals surface area contributed by atoms with Gasteiger partial charge in [0, 0.05) is 12.6 Å². The number of carbonyl (C=O) groups is 1. The Morgan fingerprint density at radius 2 is 2.46 bits per heavy atom. The Bertz CT molecular complexity index is 225. The average molecular weight is 185 g/mol. The lowest BCUT2D eigenvalue weighted by Gasteiger charge is -2.32. The van der Waals surface area contributed by atoms with Gasteiger partial charge in [-0.15, -0.1) is 0 Å². The Hall–Kier alpha value is -1.03. The Balaban J connectivity index is 2.56. The van der Waals surface area contributed by atoms with E-state index in [9.17, 15) is 4.79 Å². The Morgan fingerprint density at radius 1 is 1.77 bits per heavy atom. The van der Waals surface area contributed by atoms with Crippen LogP contribution >= 0.6 is 0 Å². The van der Waals surface area contributed by atoms with Gasteiger partial charge >= 0.3 is 6.09 Å². The topological polar surface area (TPSA) is 60.8 Å². The van der Waals surface area contributed by atoms with Crippen molar-refractivity contribution in [2.75, 3.05) is 13.2 Å². The first kappa shape index (κ1) is 10.1. The van der Waals surface area contributed by atoms with Crippen LogP contribution in [0, 0.1) is 0 Å². The minimum absolute atomic E-state index is 0.0315. The van der Waals surface area contributed by atoms with Gasteiger partial charge < -0.3 is 15.1 Å². The molecule has 13 heavy (non-hydrogen) atoms. The third-order valence-corrected chi connectivity index (χ3v) is 2.39. The van der Waals surface area contributed by atoms with Crippen LogP contribution in [0.3, 0.4) is 0 Å². The highest BCUT2D eigenvalue weighted by Crippen LogP contribution is 2.21. The van der Waals surface area contributed by atoms with Crippen molar-refractivity contribution in [2.45, 2.75) is 25.8 Å². The highest BCUT2D eigenvalue weighted by atomic mass is 16.4. The van der Waals surface area contributed by atoms with Gasteiger partial charge in [0.1, 0.15) is 0 Å². The Morgan fingerprint density at radius 3 is 2.92 bits per heavy atom. The summed E-state index contributed by atoms with van der Waals surface area (Å²) in [5.41, 5.74) is 1.16. The standard InChI is InChI=1S/C9H15NO3/c1-7-6-8(3-5-11)2-4-10(7)9(12)13/h3,7,11H,2,4-6H2,1H3,(H,12,13)/t7-/m0/s1. The van der Waals surface area contributed by atoms with Crippen molar-refractivity contribution in [1.82, 2.24) is 4.90 Å². The van der Waals surface area contributed by atoms with Crippen molar-refractivity contribution in [1.29, 1.82) is 0 Å². The number of carboxylic acid groups (broad SMARTS) is 1. The van der Waals surface area contributed by atoms with Crippen LogP contribution in [0.5, 0.6) is 0 Å². The fourth-order valence-electron chi connectivity index (χ4n) is 1.67. The lowest BCUT2D eigenvalue weighted by molar-refractivity contribution is 0.121. The van der Waals surface area contributed by atoms with Crippen LogP contribution in [0.2, 0.25) is 0 Å². The van der Waals surface area contributed by atoms with Gasteiger partial charge in [0.15, 0.2) is 0 Å². The van der Waals surface area contributed by atoms with Crippen molar-refractivity contribution < 1.29 is 15.0 Å². The molecule has 1 rings (SSSR count). The normalized spacial score (nSPS) is 26.5. The maximum atomic E-state index is 10.7. The van der Waals surface area contributed by atoms with E-state index in [0.29, 0.717) is 6.54 Å². The number of aliphatic hydroxyl groups excluding tert-OH is 1. The summed E-state index contributed by atoms with van der Waals surface area (Å²) in [6, 6.07) is 0.0315. The van der Waals surface area contributed by atoms with Gasteiger partial charge in [-0.3, -0.25) is 0 Å². The lowest BCUT2D eigenvalue weighted by Crippen LogP contribution is -2.41. The van der Waals surface area contributed by atoms with E-state index >= 15 is 0 Å². The summed E-state index contributed by atoms with van der Waals surface area (Å²) in [7, 11) is 0. The molecule has 1 aliphatic rings. The monoisotopic (exact) mass is 185 g/mol. The zero-order valence-corrected chi connectivity index (χ0v) is 7.73. The molecule has 1 saturated heterocycles. The molecular formula is C9H15NO3. The molecule has 0 aromatic rings. The first-order valence-electron chi connectivity index (χ1n) is 4.43. The maximum absolute atomic E-state index is 10.7. The fourth-order valence-corrected chi connectivity index (χ4v) is 1.67. The molecule has 2 N–H and O–H groups in total. The van der Waals surface area contributed by atoms with E-state index in [0.717, 1.165) is 18.4 Å².